The van der Waals surface area contributed by atoms with Gasteiger partial charge in [0.05, 0.1) is 18.6 Å². The quantitative estimate of drug-likeness (QED) is 0.830. The molecule has 2 atom stereocenters. The summed E-state index contributed by atoms with van der Waals surface area (Å²) in [6.07, 6.45) is 2.14. The molecule has 0 saturated carbocycles. The van der Waals surface area contributed by atoms with Gasteiger partial charge in [0.25, 0.3) is 0 Å². The fourth-order valence-electron chi connectivity index (χ4n) is 3.39. The first-order chi connectivity index (χ1) is 12.1. The molecule has 2 heterocycles. The molecule has 7 heteroatoms. The summed E-state index contributed by atoms with van der Waals surface area (Å²) in [6.45, 7) is 2.38. The topological polar surface area (TPSA) is 68.5 Å². The van der Waals surface area contributed by atoms with Crippen LogP contribution in [0.3, 0.4) is 0 Å². The lowest BCUT2D eigenvalue weighted by Gasteiger charge is -2.41. The summed E-state index contributed by atoms with van der Waals surface area (Å²) in [5.74, 6) is -0.325. The highest BCUT2D eigenvalue weighted by atomic mass is 19.1. The van der Waals surface area contributed by atoms with E-state index >= 15 is 0 Å². The normalized spacial score (nSPS) is 20.7. The Hall–Kier alpha value is -2.28. The van der Waals surface area contributed by atoms with Gasteiger partial charge in [-0.05, 0) is 37.8 Å². The molecule has 6 nitrogen and oxygen atoms in total. The van der Waals surface area contributed by atoms with Gasteiger partial charge in [-0.1, -0.05) is 28.5 Å². The van der Waals surface area contributed by atoms with Crippen LogP contribution in [-0.4, -0.2) is 46.9 Å². The van der Waals surface area contributed by atoms with Gasteiger partial charge >= 0.3 is 0 Å². The highest BCUT2D eigenvalue weighted by Crippen LogP contribution is 2.25. The highest BCUT2D eigenvalue weighted by Gasteiger charge is 2.35. The third-order valence-corrected chi connectivity index (χ3v) is 4.79. The van der Waals surface area contributed by atoms with Crippen molar-refractivity contribution in [1.82, 2.24) is 15.2 Å². The van der Waals surface area contributed by atoms with E-state index in [0.29, 0.717) is 29.9 Å². The molecule has 0 bridgehead atoms. The molecule has 0 N–H and O–H groups in total. The van der Waals surface area contributed by atoms with Crippen molar-refractivity contribution in [3.8, 4) is 0 Å². The first-order valence-corrected chi connectivity index (χ1v) is 8.44. The average molecular weight is 347 g/mol. The van der Waals surface area contributed by atoms with Gasteiger partial charge < -0.3 is 9.64 Å². The van der Waals surface area contributed by atoms with Crippen LogP contribution in [0.5, 0.6) is 0 Å². The number of hydrogen-bond acceptors (Lipinski definition) is 5. The van der Waals surface area contributed by atoms with Crippen molar-refractivity contribution in [2.75, 3.05) is 13.7 Å². The van der Waals surface area contributed by atoms with Gasteiger partial charge in [0.15, 0.2) is 0 Å². The first kappa shape index (κ1) is 17.5. The van der Waals surface area contributed by atoms with Crippen LogP contribution in [0, 0.1) is 12.7 Å². The van der Waals surface area contributed by atoms with Crippen LogP contribution in [0.15, 0.2) is 28.9 Å². The molecule has 3 rings (SSSR count). The van der Waals surface area contributed by atoms with Crippen molar-refractivity contribution < 1.29 is 18.6 Å². The predicted octanol–water partition coefficient (Wildman–Crippen LogP) is 2.31. The van der Waals surface area contributed by atoms with Crippen LogP contribution in [0.1, 0.15) is 29.8 Å². The van der Waals surface area contributed by atoms with E-state index in [0.717, 1.165) is 12.8 Å². The van der Waals surface area contributed by atoms with Crippen LogP contribution in [0.25, 0.3) is 0 Å². The second-order valence-corrected chi connectivity index (χ2v) is 6.34. The molecule has 1 aromatic carbocycles. The number of amides is 1. The van der Waals surface area contributed by atoms with Crippen molar-refractivity contribution in [3.63, 3.8) is 0 Å². The van der Waals surface area contributed by atoms with Gasteiger partial charge in [0.1, 0.15) is 17.2 Å². The number of aromatic nitrogens is 2. The summed E-state index contributed by atoms with van der Waals surface area (Å²) >= 11 is 0. The Bertz CT molecular complexity index is 734. The number of carbonyl (C=O) groups is 1. The van der Waals surface area contributed by atoms with Crippen molar-refractivity contribution in [2.24, 2.45) is 0 Å². The Morgan fingerprint density at radius 1 is 1.40 bits per heavy atom. The molecule has 2 aromatic rings. The number of likely N-dealkylation sites (tertiary alicyclic amines) is 1. The van der Waals surface area contributed by atoms with E-state index in [9.17, 15) is 9.18 Å². The minimum Gasteiger partial charge on any atom is -0.379 e. The molecule has 25 heavy (non-hydrogen) atoms. The van der Waals surface area contributed by atoms with Crippen LogP contribution in [0.4, 0.5) is 4.39 Å². The van der Waals surface area contributed by atoms with Crippen LogP contribution < -0.4 is 0 Å². The Kier molecular flexibility index (Phi) is 5.43. The number of hydrogen-bond donors (Lipinski definition) is 0. The maximum Gasteiger partial charge on any atom is 0.229 e. The molecule has 1 aromatic heterocycles. The summed E-state index contributed by atoms with van der Waals surface area (Å²) in [5.41, 5.74) is 1.74. The molecule has 0 spiro atoms. The molecule has 0 radical (unpaired) electrons. The minimum absolute atomic E-state index is 0.0677. The zero-order chi connectivity index (χ0) is 17.8. The molecule has 1 aliphatic rings. The number of methoxy groups -OCH3 is 1. The van der Waals surface area contributed by atoms with Crippen LogP contribution in [-0.2, 0) is 22.4 Å². The SMILES string of the molecule is CO[C@H]1CCCN(C(=O)Cc2nonc2C)[C@H]1Cc1ccccc1F. The van der Waals surface area contributed by atoms with E-state index in [1.54, 1.807) is 37.1 Å². The number of halogens is 1. The second-order valence-electron chi connectivity index (χ2n) is 6.34. The number of carbonyl (C=O) groups excluding carboxylic acids is 1. The number of nitrogens with zero attached hydrogens (tertiary/aromatic N) is 3. The average Bonchev–Trinajstić information content (AvgIpc) is 3.01. The zero-order valence-corrected chi connectivity index (χ0v) is 14.4. The molecule has 1 saturated heterocycles. The fourth-order valence-corrected chi connectivity index (χ4v) is 3.39. The van der Waals surface area contributed by atoms with E-state index in [1.165, 1.54) is 6.07 Å². The zero-order valence-electron chi connectivity index (χ0n) is 14.4. The van der Waals surface area contributed by atoms with Gasteiger partial charge in [0, 0.05) is 13.7 Å². The van der Waals surface area contributed by atoms with Gasteiger partial charge in [0.2, 0.25) is 5.91 Å². The monoisotopic (exact) mass is 347 g/mol. The van der Waals surface area contributed by atoms with E-state index in [1.807, 2.05) is 0 Å². The Morgan fingerprint density at radius 3 is 2.88 bits per heavy atom. The number of rotatable bonds is 5. The van der Waals surface area contributed by atoms with Gasteiger partial charge in [-0.15, -0.1) is 0 Å². The second kappa shape index (κ2) is 7.74. The lowest BCUT2D eigenvalue weighted by molar-refractivity contribution is -0.139. The number of ether oxygens (including phenoxy) is 1. The number of aryl methyl sites for hydroxylation is 1. The third kappa shape index (κ3) is 3.87. The molecular weight excluding hydrogens is 325 g/mol. The lowest BCUT2D eigenvalue weighted by atomic mass is 9.92. The molecule has 1 fully saturated rings. The summed E-state index contributed by atoms with van der Waals surface area (Å²) < 4.78 is 24.3. The molecule has 0 aliphatic carbocycles. The minimum atomic E-state index is -0.258. The van der Waals surface area contributed by atoms with Gasteiger partial charge in [-0.3, -0.25) is 4.79 Å². The van der Waals surface area contributed by atoms with Crippen molar-refractivity contribution in [1.29, 1.82) is 0 Å². The summed E-state index contributed by atoms with van der Waals surface area (Å²) in [5, 5.41) is 7.50. The number of benzene rings is 1. The van der Waals surface area contributed by atoms with Gasteiger partial charge in [-0.2, -0.15) is 0 Å². The lowest BCUT2D eigenvalue weighted by Crippen LogP contribution is -2.53. The molecular formula is C18H22FN3O3. The Balaban J connectivity index is 1.80. The standard InChI is InChI=1S/C18H22FN3O3/c1-12-15(21-25-20-12)11-18(23)22-9-5-8-17(24-2)16(22)10-13-6-3-4-7-14(13)19/h3-4,6-7,16-17H,5,8-11H2,1-2H3/t16-,17-/m0/s1. The molecule has 134 valence electrons. The Labute approximate surface area is 145 Å². The Morgan fingerprint density at radius 2 is 2.20 bits per heavy atom. The predicted molar refractivity (Wildman–Crippen MR) is 88.4 cm³/mol. The van der Waals surface area contributed by atoms with E-state index < -0.39 is 0 Å². The summed E-state index contributed by atoms with van der Waals surface area (Å²) in [6, 6.07) is 6.46. The summed E-state index contributed by atoms with van der Waals surface area (Å²) in [7, 11) is 1.64. The highest BCUT2D eigenvalue weighted by molar-refractivity contribution is 5.79. The third-order valence-electron chi connectivity index (χ3n) is 4.79. The van der Waals surface area contributed by atoms with Crippen molar-refractivity contribution in [3.05, 3.63) is 47.0 Å². The van der Waals surface area contributed by atoms with E-state index in [-0.39, 0.29) is 30.3 Å². The maximum atomic E-state index is 14.1. The number of piperidine rings is 1. The van der Waals surface area contributed by atoms with Crippen molar-refractivity contribution >= 4 is 5.91 Å². The molecule has 1 amide bonds. The summed E-state index contributed by atoms with van der Waals surface area (Å²) in [4.78, 5) is 14.6. The largest absolute Gasteiger partial charge is 0.379 e. The van der Waals surface area contributed by atoms with E-state index in [4.69, 9.17) is 4.74 Å². The maximum absolute atomic E-state index is 14.1. The van der Waals surface area contributed by atoms with Crippen LogP contribution in [0.2, 0.25) is 0 Å². The fraction of sp³-hybridized carbons (Fsp3) is 0.500. The van der Waals surface area contributed by atoms with Crippen LogP contribution >= 0.6 is 0 Å². The smallest absolute Gasteiger partial charge is 0.229 e. The first-order valence-electron chi connectivity index (χ1n) is 8.44. The molecule has 1 aliphatic heterocycles. The molecule has 0 unspecified atom stereocenters. The van der Waals surface area contributed by atoms with E-state index in [2.05, 4.69) is 14.9 Å². The van der Waals surface area contributed by atoms with Crippen molar-refractivity contribution in [2.45, 2.75) is 44.8 Å². The van der Waals surface area contributed by atoms with Gasteiger partial charge in [-0.25, -0.2) is 9.02 Å².